The van der Waals surface area contributed by atoms with E-state index in [2.05, 4.69) is 20.6 Å². The number of nitrogens with one attached hydrogen (secondary N) is 2. The van der Waals surface area contributed by atoms with Crippen LogP contribution in [0.25, 0.3) is 0 Å². The SMILES string of the molecule is Cc1cc(C)nc(N[C@H](c2ccc(F)cc2)c2cc(C)sc2NC(=O)c2ccccc2)n1. The molecule has 0 saturated carbocycles. The number of aromatic nitrogens is 2. The van der Waals surface area contributed by atoms with Crippen molar-refractivity contribution in [3.8, 4) is 0 Å². The molecule has 4 rings (SSSR count). The van der Waals surface area contributed by atoms with Crippen LogP contribution in [0.3, 0.4) is 0 Å². The Hall–Kier alpha value is -3.58. The van der Waals surface area contributed by atoms with E-state index < -0.39 is 0 Å². The van der Waals surface area contributed by atoms with Crippen LogP contribution in [-0.2, 0) is 0 Å². The first-order valence-electron chi connectivity index (χ1n) is 10.2. The minimum Gasteiger partial charge on any atom is -0.343 e. The van der Waals surface area contributed by atoms with E-state index >= 15 is 0 Å². The molecule has 0 unspecified atom stereocenters. The standard InChI is InChI=1S/C25H23FN4OS/c1-15-13-16(2)28-25(27-15)29-22(18-9-11-20(26)12-10-18)21-14-17(3)32-24(21)30-23(31)19-7-5-4-6-8-19/h4-14,22H,1-3H3,(H,30,31)(H,27,28,29)/t22-/m1/s1. The average molecular weight is 447 g/mol. The second-order valence-corrected chi connectivity index (χ2v) is 8.82. The normalized spacial score (nSPS) is 11.8. The van der Waals surface area contributed by atoms with E-state index in [1.165, 1.54) is 23.5 Å². The molecule has 7 heteroatoms. The Bertz CT molecular complexity index is 1220. The highest BCUT2D eigenvalue weighted by Crippen LogP contribution is 2.37. The molecule has 2 heterocycles. The lowest BCUT2D eigenvalue weighted by Gasteiger charge is -2.21. The van der Waals surface area contributed by atoms with Gasteiger partial charge in [0.05, 0.1) is 6.04 Å². The highest BCUT2D eigenvalue weighted by atomic mass is 32.1. The summed E-state index contributed by atoms with van der Waals surface area (Å²) >= 11 is 1.49. The molecule has 0 aliphatic rings. The fourth-order valence-corrected chi connectivity index (χ4v) is 4.47. The Kier molecular flexibility index (Phi) is 6.28. The quantitative estimate of drug-likeness (QED) is 0.378. The molecule has 1 atom stereocenters. The van der Waals surface area contributed by atoms with Crippen molar-refractivity contribution in [3.63, 3.8) is 0 Å². The van der Waals surface area contributed by atoms with Gasteiger partial charge in [0.15, 0.2) is 0 Å². The molecule has 2 aromatic heterocycles. The Morgan fingerprint density at radius 3 is 2.25 bits per heavy atom. The molecular weight excluding hydrogens is 423 g/mol. The predicted octanol–water partition coefficient (Wildman–Crippen LogP) is 6.06. The largest absolute Gasteiger partial charge is 0.343 e. The van der Waals surface area contributed by atoms with Gasteiger partial charge < -0.3 is 10.6 Å². The highest BCUT2D eigenvalue weighted by molar-refractivity contribution is 7.16. The van der Waals surface area contributed by atoms with E-state index in [9.17, 15) is 9.18 Å². The highest BCUT2D eigenvalue weighted by Gasteiger charge is 2.23. The number of nitrogens with zero attached hydrogens (tertiary/aromatic N) is 2. The molecule has 4 aromatic rings. The first-order valence-corrected chi connectivity index (χ1v) is 11.0. The fourth-order valence-electron chi connectivity index (χ4n) is 3.53. The van der Waals surface area contributed by atoms with Gasteiger partial charge in [-0.2, -0.15) is 0 Å². The van der Waals surface area contributed by atoms with Crippen LogP contribution in [0.5, 0.6) is 0 Å². The zero-order valence-corrected chi connectivity index (χ0v) is 18.8. The van der Waals surface area contributed by atoms with Gasteiger partial charge in [0.1, 0.15) is 10.8 Å². The molecule has 5 nitrogen and oxygen atoms in total. The smallest absolute Gasteiger partial charge is 0.256 e. The lowest BCUT2D eigenvalue weighted by molar-refractivity contribution is 0.102. The van der Waals surface area contributed by atoms with E-state index in [1.54, 1.807) is 24.3 Å². The van der Waals surface area contributed by atoms with Crippen LogP contribution in [0.2, 0.25) is 0 Å². The van der Waals surface area contributed by atoms with E-state index in [0.29, 0.717) is 11.5 Å². The van der Waals surface area contributed by atoms with Crippen molar-refractivity contribution in [2.75, 3.05) is 10.6 Å². The molecule has 32 heavy (non-hydrogen) atoms. The summed E-state index contributed by atoms with van der Waals surface area (Å²) in [6.07, 6.45) is 0. The molecule has 162 valence electrons. The monoisotopic (exact) mass is 446 g/mol. The van der Waals surface area contributed by atoms with Gasteiger partial charge in [-0.05, 0) is 62.7 Å². The summed E-state index contributed by atoms with van der Waals surface area (Å²) in [4.78, 5) is 22.9. The number of benzene rings is 2. The molecule has 0 radical (unpaired) electrons. The Balaban J connectivity index is 1.74. The molecule has 2 N–H and O–H groups in total. The molecule has 1 amide bonds. The first-order chi connectivity index (χ1) is 15.4. The van der Waals surface area contributed by atoms with Crippen molar-refractivity contribution in [3.05, 3.63) is 106 Å². The van der Waals surface area contributed by atoms with Crippen molar-refractivity contribution in [2.45, 2.75) is 26.8 Å². The average Bonchev–Trinajstić information content (AvgIpc) is 3.12. The minimum atomic E-state index is -0.382. The number of rotatable bonds is 6. The molecular formula is C25H23FN4OS. The molecule has 0 bridgehead atoms. The molecule has 0 aliphatic carbocycles. The number of anilines is 2. The zero-order chi connectivity index (χ0) is 22.7. The van der Waals surface area contributed by atoms with Crippen molar-refractivity contribution >= 4 is 28.2 Å². The third kappa shape index (κ3) is 5.00. The molecule has 0 saturated heterocycles. The van der Waals surface area contributed by atoms with Crippen LogP contribution in [0.4, 0.5) is 15.3 Å². The molecule has 0 fully saturated rings. The number of aryl methyl sites for hydroxylation is 3. The summed E-state index contributed by atoms with van der Waals surface area (Å²) in [5.74, 6) is -0.0236. The lowest BCUT2D eigenvalue weighted by atomic mass is 10.00. The van der Waals surface area contributed by atoms with Crippen LogP contribution < -0.4 is 10.6 Å². The Morgan fingerprint density at radius 2 is 1.59 bits per heavy atom. The summed E-state index contributed by atoms with van der Waals surface area (Å²) in [7, 11) is 0. The summed E-state index contributed by atoms with van der Waals surface area (Å²) < 4.78 is 13.6. The Morgan fingerprint density at radius 1 is 0.938 bits per heavy atom. The number of amides is 1. The third-order valence-corrected chi connectivity index (χ3v) is 5.90. The summed E-state index contributed by atoms with van der Waals surface area (Å²) in [5.41, 5.74) is 3.97. The maximum atomic E-state index is 13.6. The molecule has 0 aliphatic heterocycles. The number of halogens is 1. The number of carbonyl (C=O) groups excluding carboxylic acids is 1. The second-order valence-electron chi connectivity index (χ2n) is 7.56. The van der Waals surface area contributed by atoms with Gasteiger partial charge in [0, 0.05) is 27.4 Å². The van der Waals surface area contributed by atoms with Crippen LogP contribution in [-0.4, -0.2) is 15.9 Å². The first kappa shape index (κ1) is 21.6. The number of hydrogen-bond acceptors (Lipinski definition) is 5. The fraction of sp³-hybridized carbons (Fsp3) is 0.160. The van der Waals surface area contributed by atoms with Crippen molar-refractivity contribution in [2.24, 2.45) is 0 Å². The van der Waals surface area contributed by atoms with E-state index in [0.717, 1.165) is 32.4 Å². The molecule has 0 spiro atoms. The van der Waals surface area contributed by atoms with Gasteiger partial charge in [-0.3, -0.25) is 4.79 Å². The van der Waals surface area contributed by atoms with Gasteiger partial charge in [-0.25, -0.2) is 14.4 Å². The van der Waals surface area contributed by atoms with Crippen LogP contribution in [0, 0.1) is 26.6 Å². The number of thiophene rings is 1. The van der Waals surface area contributed by atoms with Crippen molar-refractivity contribution < 1.29 is 9.18 Å². The van der Waals surface area contributed by atoms with Gasteiger partial charge in [0.2, 0.25) is 5.95 Å². The predicted molar refractivity (Wildman–Crippen MR) is 127 cm³/mol. The number of carbonyl (C=O) groups is 1. The maximum Gasteiger partial charge on any atom is 0.256 e. The second kappa shape index (κ2) is 9.28. The van der Waals surface area contributed by atoms with E-state index in [1.807, 2.05) is 51.1 Å². The molecule has 2 aromatic carbocycles. The lowest BCUT2D eigenvalue weighted by Crippen LogP contribution is -2.18. The van der Waals surface area contributed by atoms with Crippen LogP contribution >= 0.6 is 11.3 Å². The number of hydrogen-bond donors (Lipinski definition) is 2. The summed E-state index contributed by atoms with van der Waals surface area (Å²) in [6, 6.07) is 18.9. The summed E-state index contributed by atoms with van der Waals surface area (Å²) in [5, 5.41) is 7.16. The topological polar surface area (TPSA) is 66.9 Å². The van der Waals surface area contributed by atoms with Gasteiger partial charge in [-0.1, -0.05) is 30.3 Å². The van der Waals surface area contributed by atoms with Gasteiger partial charge in [0.25, 0.3) is 5.91 Å². The zero-order valence-electron chi connectivity index (χ0n) is 18.0. The third-order valence-electron chi connectivity index (χ3n) is 4.92. The van der Waals surface area contributed by atoms with Crippen LogP contribution in [0.1, 0.15) is 43.8 Å². The Labute approximate surface area is 190 Å². The van der Waals surface area contributed by atoms with Crippen molar-refractivity contribution in [1.29, 1.82) is 0 Å². The van der Waals surface area contributed by atoms with Crippen molar-refractivity contribution in [1.82, 2.24) is 9.97 Å². The van der Waals surface area contributed by atoms with Gasteiger partial charge >= 0.3 is 0 Å². The maximum absolute atomic E-state index is 13.6. The van der Waals surface area contributed by atoms with Gasteiger partial charge in [-0.15, -0.1) is 11.3 Å². The van der Waals surface area contributed by atoms with E-state index in [4.69, 9.17) is 0 Å². The minimum absolute atomic E-state index is 0.186. The van der Waals surface area contributed by atoms with E-state index in [-0.39, 0.29) is 17.8 Å². The van der Waals surface area contributed by atoms with Crippen LogP contribution in [0.15, 0.2) is 66.7 Å². The summed E-state index contributed by atoms with van der Waals surface area (Å²) in [6.45, 7) is 5.81.